The van der Waals surface area contributed by atoms with Crippen molar-refractivity contribution in [2.24, 2.45) is 5.92 Å². The van der Waals surface area contributed by atoms with Gasteiger partial charge in [0.1, 0.15) is 6.04 Å². The van der Waals surface area contributed by atoms with Gasteiger partial charge in [-0.1, -0.05) is 27.7 Å². The van der Waals surface area contributed by atoms with Crippen molar-refractivity contribution >= 4 is 28.5 Å². The molecule has 0 saturated carbocycles. The molecule has 0 aliphatic heterocycles. The number of hydrogen-bond donors (Lipinski definition) is 3. The highest BCUT2D eigenvalue weighted by Gasteiger charge is 2.22. The summed E-state index contributed by atoms with van der Waals surface area (Å²) in [7, 11) is 0. The number of anilines is 1. The summed E-state index contributed by atoms with van der Waals surface area (Å²) in [6.07, 6.45) is 0.973. The maximum absolute atomic E-state index is 12.1. The van der Waals surface area contributed by atoms with Crippen molar-refractivity contribution in [1.82, 2.24) is 10.3 Å². The quantitative estimate of drug-likeness (QED) is 0.753. The zero-order valence-electron chi connectivity index (χ0n) is 12.1. The SMILES string of the molecule is CC(C)C[C@H](NC(=O)O)C(=O)Nc1ncc(C(C)C)s1. The molecule has 0 saturated heterocycles. The number of nitrogens with one attached hydrogen (secondary N) is 2. The smallest absolute Gasteiger partial charge is 0.405 e. The van der Waals surface area contributed by atoms with E-state index in [4.69, 9.17) is 5.11 Å². The van der Waals surface area contributed by atoms with Crippen LogP contribution in [0, 0.1) is 5.92 Å². The van der Waals surface area contributed by atoms with Gasteiger partial charge in [0, 0.05) is 11.1 Å². The van der Waals surface area contributed by atoms with E-state index in [1.54, 1.807) is 6.20 Å². The molecule has 1 heterocycles. The Labute approximate surface area is 122 Å². The van der Waals surface area contributed by atoms with Crippen LogP contribution < -0.4 is 10.6 Å². The third-order valence-electron chi connectivity index (χ3n) is 2.64. The van der Waals surface area contributed by atoms with Crippen LogP contribution in [0.25, 0.3) is 0 Å². The Morgan fingerprint density at radius 2 is 2.00 bits per heavy atom. The summed E-state index contributed by atoms with van der Waals surface area (Å²) in [4.78, 5) is 28.0. The third-order valence-corrected chi connectivity index (χ3v) is 3.86. The molecule has 112 valence electrons. The maximum Gasteiger partial charge on any atom is 0.405 e. The lowest BCUT2D eigenvalue weighted by molar-refractivity contribution is -0.118. The van der Waals surface area contributed by atoms with Crippen LogP contribution in [0.4, 0.5) is 9.93 Å². The molecule has 20 heavy (non-hydrogen) atoms. The number of nitrogens with zero attached hydrogens (tertiary/aromatic N) is 1. The molecule has 0 spiro atoms. The van der Waals surface area contributed by atoms with Crippen molar-refractivity contribution in [3.8, 4) is 0 Å². The van der Waals surface area contributed by atoms with Crippen molar-refractivity contribution in [2.45, 2.75) is 46.1 Å². The summed E-state index contributed by atoms with van der Waals surface area (Å²) in [5.41, 5.74) is 0. The predicted molar refractivity (Wildman–Crippen MR) is 79.2 cm³/mol. The molecule has 1 rings (SSSR count). The minimum Gasteiger partial charge on any atom is -0.465 e. The molecule has 1 aromatic heterocycles. The first kappa shape index (κ1) is 16.4. The van der Waals surface area contributed by atoms with Gasteiger partial charge in [-0.15, -0.1) is 11.3 Å². The van der Waals surface area contributed by atoms with Crippen molar-refractivity contribution < 1.29 is 14.7 Å². The summed E-state index contributed by atoms with van der Waals surface area (Å²) < 4.78 is 0. The van der Waals surface area contributed by atoms with Gasteiger partial charge in [-0.3, -0.25) is 4.79 Å². The number of carbonyl (C=O) groups excluding carboxylic acids is 1. The topological polar surface area (TPSA) is 91.3 Å². The summed E-state index contributed by atoms with van der Waals surface area (Å²) in [5.74, 6) is 0.188. The number of thiazole rings is 1. The molecule has 0 aliphatic carbocycles. The Hall–Kier alpha value is -1.63. The molecule has 0 bridgehead atoms. The van der Waals surface area contributed by atoms with E-state index in [1.165, 1.54) is 11.3 Å². The average molecular weight is 299 g/mol. The summed E-state index contributed by atoms with van der Waals surface area (Å²) in [6.45, 7) is 7.97. The van der Waals surface area contributed by atoms with Crippen LogP contribution in [0.5, 0.6) is 0 Å². The number of aromatic nitrogens is 1. The Morgan fingerprint density at radius 3 is 2.45 bits per heavy atom. The molecule has 7 heteroatoms. The summed E-state index contributed by atoms with van der Waals surface area (Å²) in [6, 6.07) is -0.765. The van der Waals surface area contributed by atoms with Gasteiger partial charge in [-0.2, -0.15) is 0 Å². The van der Waals surface area contributed by atoms with E-state index < -0.39 is 12.1 Å². The van der Waals surface area contributed by atoms with Crippen molar-refractivity contribution in [2.75, 3.05) is 5.32 Å². The van der Waals surface area contributed by atoms with Crippen LogP contribution in [0.1, 0.15) is 44.9 Å². The van der Waals surface area contributed by atoms with Gasteiger partial charge in [0.25, 0.3) is 0 Å². The second kappa shape index (κ2) is 7.23. The highest BCUT2D eigenvalue weighted by atomic mass is 32.1. The van der Waals surface area contributed by atoms with Gasteiger partial charge >= 0.3 is 6.09 Å². The molecule has 1 atom stereocenters. The first-order valence-electron chi connectivity index (χ1n) is 6.55. The first-order chi connectivity index (χ1) is 9.29. The zero-order valence-corrected chi connectivity index (χ0v) is 13.0. The lowest BCUT2D eigenvalue weighted by Gasteiger charge is -2.17. The fourth-order valence-electron chi connectivity index (χ4n) is 1.66. The van der Waals surface area contributed by atoms with E-state index in [1.807, 2.05) is 27.7 Å². The van der Waals surface area contributed by atoms with Gasteiger partial charge in [-0.05, 0) is 18.3 Å². The molecule has 0 aliphatic rings. The van der Waals surface area contributed by atoms with Gasteiger partial charge in [0.05, 0.1) is 0 Å². The molecule has 2 amide bonds. The maximum atomic E-state index is 12.1. The van der Waals surface area contributed by atoms with Crippen LogP contribution in [0.15, 0.2) is 6.20 Å². The van der Waals surface area contributed by atoms with Crippen LogP contribution in [0.2, 0.25) is 0 Å². The standard InChI is InChI=1S/C13H21N3O3S/c1-7(2)5-9(15-13(18)19)11(17)16-12-14-6-10(20-12)8(3)4/h6-9,15H,5H2,1-4H3,(H,18,19)(H,14,16,17)/t9-/m0/s1. The van der Waals surface area contributed by atoms with Crippen LogP contribution >= 0.6 is 11.3 Å². The molecule has 0 radical (unpaired) electrons. The van der Waals surface area contributed by atoms with Crippen molar-refractivity contribution in [1.29, 1.82) is 0 Å². The summed E-state index contributed by atoms with van der Waals surface area (Å²) in [5, 5.41) is 14.2. The Balaban J connectivity index is 2.71. The molecule has 1 aromatic rings. The van der Waals surface area contributed by atoms with Gasteiger partial charge in [0.2, 0.25) is 5.91 Å². The fraction of sp³-hybridized carbons (Fsp3) is 0.615. The molecule has 0 fully saturated rings. The predicted octanol–water partition coefficient (Wildman–Crippen LogP) is 2.89. The Bertz CT molecular complexity index is 471. The van der Waals surface area contributed by atoms with E-state index >= 15 is 0 Å². The molecular formula is C13H21N3O3S. The third kappa shape index (κ3) is 5.16. The average Bonchev–Trinajstić information content (AvgIpc) is 2.75. The molecular weight excluding hydrogens is 278 g/mol. The number of hydrogen-bond acceptors (Lipinski definition) is 4. The van der Waals surface area contributed by atoms with E-state index in [9.17, 15) is 9.59 Å². The van der Waals surface area contributed by atoms with E-state index in [0.717, 1.165) is 4.88 Å². The molecule has 3 N–H and O–H groups in total. The molecule has 6 nitrogen and oxygen atoms in total. The largest absolute Gasteiger partial charge is 0.465 e. The molecule has 0 unspecified atom stereocenters. The lowest BCUT2D eigenvalue weighted by atomic mass is 10.0. The lowest BCUT2D eigenvalue weighted by Crippen LogP contribution is -2.43. The number of carboxylic acid groups (broad SMARTS) is 1. The molecule has 0 aromatic carbocycles. The number of rotatable bonds is 6. The van der Waals surface area contributed by atoms with E-state index in [2.05, 4.69) is 15.6 Å². The Kier molecular flexibility index (Phi) is 5.94. The van der Waals surface area contributed by atoms with Gasteiger partial charge in [-0.25, -0.2) is 9.78 Å². The second-order valence-corrected chi connectivity index (χ2v) is 6.41. The second-order valence-electron chi connectivity index (χ2n) is 5.34. The monoisotopic (exact) mass is 299 g/mol. The Morgan fingerprint density at radius 1 is 1.35 bits per heavy atom. The van der Waals surface area contributed by atoms with Crippen molar-refractivity contribution in [3.63, 3.8) is 0 Å². The number of carbonyl (C=O) groups is 2. The van der Waals surface area contributed by atoms with Crippen LogP contribution in [-0.4, -0.2) is 28.1 Å². The van der Waals surface area contributed by atoms with Crippen LogP contribution in [0.3, 0.4) is 0 Å². The minimum atomic E-state index is -1.20. The number of amides is 2. The van der Waals surface area contributed by atoms with Gasteiger partial charge < -0.3 is 15.7 Å². The first-order valence-corrected chi connectivity index (χ1v) is 7.37. The normalized spacial score (nSPS) is 12.5. The zero-order chi connectivity index (χ0) is 15.3. The summed E-state index contributed by atoms with van der Waals surface area (Å²) >= 11 is 1.41. The van der Waals surface area contributed by atoms with Crippen molar-refractivity contribution in [3.05, 3.63) is 11.1 Å². The van der Waals surface area contributed by atoms with Crippen LogP contribution in [-0.2, 0) is 4.79 Å². The highest BCUT2D eigenvalue weighted by Crippen LogP contribution is 2.25. The van der Waals surface area contributed by atoms with Gasteiger partial charge in [0.15, 0.2) is 5.13 Å². The van der Waals surface area contributed by atoms with E-state index in [-0.39, 0.29) is 11.8 Å². The fourth-order valence-corrected chi connectivity index (χ4v) is 2.48. The minimum absolute atomic E-state index is 0.208. The highest BCUT2D eigenvalue weighted by molar-refractivity contribution is 7.15. The van der Waals surface area contributed by atoms with E-state index in [0.29, 0.717) is 17.5 Å².